The zero-order valence-electron chi connectivity index (χ0n) is 13.1. The number of nitriles is 1. The summed E-state index contributed by atoms with van der Waals surface area (Å²) in [7, 11) is 0. The second-order valence-electron chi connectivity index (χ2n) is 5.60. The Morgan fingerprint density at radius 2 is 2.23 bits per heavy atom. The van der Waals surface area contributed by atoms with Crippen molar-refractivity contribution in [3.05, 3.63) is 29.8 Å². The summed E-state index contributed by atoms with van der Waals surface area (Å²) in [5.74, 6) is 0. The molecule has 0 aliphatic heterocycles. The van der Waals surface area contributed by atoms with Crippen LogP contribution in [-0.4, -0.2) is 18.2 Å². The van der Waals surface area contributed by atoms with E-state index in [1.54, 1.807) is 6.07 Å². The number of benzene rings is 1. The van der Waals surface area contributed by atoms with E-state index in [2.05, 4.69) is 5.32 Å². The molecular weight excluding hydrogens is 298 g/mol. The number of thioether (sulfide) groups is 1. The van der Waals surface area contributed by atoms with E-state index in [1.165, 1.54) is 0 Å². The molecule has 1 aromatic carbocycles. The minimum atomic E-state index is -0.493. The van der Waals surface area contributed by atoms with Crippen molar-refractivity contribution in [1.82, 2.24) is 5.32 Å². The van der Waals surface area contributed by atoms with Crippen LogP contribution < -0.4 is 11.1 Å². The fraction of sp³-hybridized carbons (Fsp3) is 0.375. The molecule has 0 saturated heterocycles. The van der Waals surface area contributed by atoms with E-state index in [0.29, 0.717) is 18.7 Å². The maximum absolute atomic E-state index is 11.5. The second kappa shape index (κ2) is 8.35. The van der Waals surface area contributed by atoms with E-state index in [9.17, 15) is 4.79 Å². The van der Waals surface area contributed by atoms with E-state index in [-0.39, 0.29) is 0 Å². The minimum absolute atomic E-state index is 0.423. The van der Waals surface area contributed by atoms with Gasteiger partial charge in [-0.3, -0.25) is 0 Å². The highest BCUT2D eigenvalue weighted by Crippen LogP contribution is 2.23. The molecule has 118 valence electrons. The highest BCUT2D eigenvalue weighted by atomic mass is 32.2. The monoisotopic (exact) mass is 319 g/mol. The van der Waals surface area contributed by atoms with Crippen LogP contribution in [0, 0.1) is 10.7 Å². The summed E-state index contributed by atoms with van der Waals surface area (Å²) in [6.45, 7) is 5.95. The van der Waals surface area contributed by atoms with E-state index in [0.717, 1.165) is 22.2 Å². The molecule has 0 spiro atoms. The van der Waals surface area contributed by atoms with E-state index >= 15 is 0 Å². The molecule has 3 N–H and O–H groups in total. The third-order valence-electron chi connectivity index (χ3n) is 2.50. The zero-order valence-corrected chi connectivity index (χ0v) is 13.9. The molecule has 5 nitrogen and oxygen atoms in total. The van der Waals surface area contributed by atoms with Gasteiger partial charge < -0.3 is 15.8 Å². The maximum Gasteiger partial charge on any atom is 0.407 e. The van der Waals surface area contributed by atoms with Gasteiger partial charge in [0.15, 0.2) is 0 Å². The number of amides is 1. The van der Waals surface area contributed by atoms with Crippen LogP contribution in [0.15, 0.2) is 29.2 Å². The van der Waals surface area contributed by atoms with Gasteiger partial charge in [-0.1, -0.05) is 12.2 Å². The van der Waals surface area contributed by atoms with Crippen LogP contribution in [0.1, 0.15) is 32.8 Å². The Bertz CT molecular complexity index is 586. The Labute approximate surface area is 135 Å². The van der Waals surface area contributed by atoms with E-state index in [1.807, 2.05) is 50.5 Å². The van der Waals surface area contributed by atoms with Gasteiger partial charge in [-0.2, -0.15) is 5.26 Å². The number of rotatable bonds is 5. The van der Waals surface area contributed by atoms with Crippen molar-refractivity contribution in [3.63, 3.8) is 0 Å². The average Bonchev–Trinajstić information content (AvgIpc) is 2.40. The molecule has 1 aromatic rings. The maximum atomic E-state index is 11.5. The molecule has 22 heavy (non-hydrogen) atoms. The molecule has 0 aliphatic carbocycles. The molecule has 0 atom stereocenters. The first kappa shape index (κ1) is 17.9. The van der Waals surface area contributed by atoms with Crippen molar-refractivity contribution in [3.8, 4) is 5.40 Å². The number of anilines is 1. The average molecular weight is 319 g/mol. The molecule has 0 fully saturated rings. The lowest BCUT2D eigenvalue weighted by molar-refractivity contribution is 0.0529. The van der Waals surface area contributed by atoms with Crippen molar-refractivity contribution in [2.75, 3.05) is 12.3 Å². The van der Waals surface area contributed by atoms with Crippen LogP contribution >= 0.6 is 11.8 Å². The SMILES string of the molecule is CC(C)(C)OC(=O)NCCC=Cc1cc(SC#N)ccc1N. The van der Waals surface area contributed by atoms with Crippen molar-refractivity contribution < 1.29 is 9.53 Å². The van der Waals surface area contributed by atoms with Gasteiger partial charge in [-0.25, -0.2) is 4.79 Å². The number of nitrogens with one attached hydrogen (secondary N) is 1. The van der Waals surface area contributed by atoms with Crippen LogP contribution in [0.25, 0.3) is 6.08 Å². The number of nitrogens with zero attached hydrogens (tertiary/aromatic N) is 1. The molecule has 0 aliphatic rings. The Hall–Kier alpha value is -2.13. The Kier molecular flexibility index (Phi) is 6.80. The minimum Gasteiger partial charge on any atom is -0.444 e. The van der Waals surface area contributed by atoms with Crippen LogP contribution in [0.5, 0.6) is 0 Å². The molecule has 0 radical (unpaired) electrons. The lowest BCUT2D eigenvalue weighted by Crippen LogP contribution is -2.32. The van der Waals surface area contributed by atoms with Gasteiger partial charge >= 0.3 is 6.09 Å². The van der Waals surface area contributed by atoms with Crippen molar-refractivity contribution in [2.45, 2.75) is 37.7 Å². The van der Waals surface area contributed by atoms with Crippen molar-refractivity contribution in [1.29, 1.82) is 5.26 Å². The lowest BCUT2D eigenvalue weighted by atomic mass is 10.1. The van der Waals surface area contributed by atoms with Crippen LogP contribution in [0.4, 0.5) is 10.5 Å². The van der Waals surface area contributed by atoms with Gasteiger partial charge in [-0.15, -0.1) is 0 Å². The van der Waals surface area contributed by atoms with Gasteiger partial charge in [0.25, 0.3) is 0 Å². The quantitative estimate of drug-likeness (QED) is 0.373. The topological polar surface area (TPSA) is 88.1 Å². The van der Waals surface area contributed by atoms with Crippen molar-refractivity contribution >= 4 is 29.6 Å². The number of carbonyl (C=O) groups is 1. The molecule has 0 aromatic heterocycles. The third kappa shape index (κ3) is 7.04. The second-order valence-corrected chi connectivity index (χ2v) is 6.46. The first-order valence-corrected chi connectivity index (χ1v) is 7.72. The summed E-state index contributed by atoms with van der Waals surface area (Å²) in [5.41, 5.74) is 6.90. The smallest absolute Gasteiger partial charge is 0.407 e. The summed E-state index contributed by atoms with van der Waals surface area (Å²) in [4.78, 5) is 12.3. The Morgan fingerprint density at radius 3 is 2.86 bits per heavy atom. The number of alkyl carbamates (subject to hydrolysis) is 1. The van der Waals surface area contributed by atoms with Gasteiger partial charge in [0, 0.05) is 17.1 Å². The number of carbonyl (C=O) groups excluding carboxylic acids is 1. The summed E-state index contributed by atoms with van der Waals surface area (Å²) in [6, 6.07) is 5.45. The number of nitrogen functional groups attached to an aromatic ring is 1. The molecule has 0 bridgehead atoms. The molecule has 6 heteroatoms. The number of nitrogens with two attached hydrogens (primary N) is 1. The van der Waals surface area contributed by atoms with Crippen LogP contribution in [0.3, 0.4) is 0 Å². The molecule has 1 rings (SSSR count). The fourth-order valence-electron chi connectivity index (χ4n) is 1.60. The van der Waals surface area contributed by atoms with Crippen molar-refractivity contribution in [2.24, 2.45) is 0 Å². The zero-order chi connectivity index (χ0) is 16.6. The summed E-state index contributed by atoms with van der Waals surface area (Å²) in [5, 5.41) is 13.4. The fourth-order valence-corrected chi connectivity index (χ4v) is 2.02. The standard InChI is InChI=1S/C16H21N3O2S/c1-16(2,3)21-15(20)19-9-5-4-6-12-10-13(22-11-17)7-8-14(12)18/h4,6-8,10H,5,9,18H2,1-3H3,(H,19,20). The van der Waals surface area contributed by atoms with Gasteiger partial charge in [-0.05, 0) is 62.7 Å². The molecule has 1 amide bonds. The molecule has 0 unspecified atom stereocenters. The van der Waals surface area contributed by atoms with E-state index < -0.39 is 11.7 Å². The normalized spacial score (nSPS) is 11.2. The number of thiocyanates is 1. The summed E-state index contributed by atoms with van der Waals surface area (Å²) in [6.07, 6.45) is 4.04. The Balaban J connectivity index is 2.45. The molecule has 0 saturated carbocycles. The molecular formula is C16H21N3O2S. The first-order valence-electron chi connectivity index (χ1n) is 6.90. The van der Waals surface area contributed by atoms with E-state index in [4.69, 9.17) is 15.7 Å². The largest absolute Gasteiger partial charge is 0.444 e. The van der Waals surface area contributed by atoms with Crippen LogP contribution in [0.2, 0.25) is 0 Å². The Morgan fingerprint density at radius 1 is 1.50 bits per heavy atom. The first-order chi connectivity index (χ1) is 10.3. The van der Waals surface area contributed by atoms with Crippen LogP contribution in [-0.2, 0) is 4.74 Å². The third-order valence-corrected chi connectivity index (χ3v) is 3.08. The van der Waals surface area contributed by atoms with Gasteiger partial charge in [0.1, 0.15) is 11.0 Å². The number of ether oxygens (including phenoxy) is 1. The highest BCUT2D eigenvalue weighted by molar-refractivity contribution is 8.03. The molecule has 0 heterocycles. The summed E-state index contributed by atoms with van der Waals surface area (Å²) >= 11 is 1.09. The number of hydrogen-bond acceptors (Lipinski definition) is 5. The summed E-state index contributed by atoms with van der Waals surface area (Å²) < 4.78 is 5.14. The number of hydrogen-bond donors (Lipinski definition) is 2. The lowest BCUT2D eigenvalue weighted by Gasteiger charge is -2.19. The van der Waals surface area contributed by atoms with Gasteiger partial charge in [0.05, 0.1) is 0 Å². The van der Waals surface area contributed by atoms with Gasteiger partial charge in [0.2, 0.25) is 0 Å². The highest BCUT2D eigenvalue weighted by Gasteiger charge is 2.15. The predicted octanol–water partition coefficient (Wildman–Crippen LogP) is 3.77. The predicted molar refractivity (Wildman–Crippen MR) is 90.2 cm³/mol.